The van der Waals surface area contributed by atoms with Gasteiger partial charge >= 0.3 is 0 Å². The maximum absolute atomic E-state index is 6.41. The predicted molar refractivity (Wildman–Crippen MR) is 547 cm³/mol. The Balaban J connectivity index is 0.926. The first-order valence-electron chi connectivity index (χ1n) is 52.5. The molecule has 11 N–H and O–H groups in total. The van der Waals surface area contributed by atoms with Crippen LogP contribution in [0.15, 0.2) is 0 Å². The number of rotatable bonds is 49. The van der Waals surface area contributed by atoms with E-state index in [0.29, 0.717) is 24.4 Å². The number of nitrogens with one attached hydrogen (secondary N) is 9. The zero-order valence-corrected chi connectivity index (χ0v) is 87.9. The Labute approximate surface area is 787 Å². The molecule has 27 heteroatoms. The van der Waals surface area contributed by atoms with E-state index in [0.717, 1.165) is 333 Å². The van der Waals surface area contributed by atoms with Gasteiger partial charge in [-0.15, -0.1) is 0 Å². The second-order valence-electron chi connectivity index (χ2n) is 48.7. The summed E-state index contributed by atoms with van der Waals surface area (Å²) in [6.07, 6.45) is 32.1. The molecule has 10 heterocycles. The van der Waals surface area contributed by atoms with Crippen LogP contribution in [0.25, 0.3) is 0 Å². The van der Waals surface area contributed by atoms with E-state index in [1.54, 1.807) is 0 Å². The molecule has 7 aliphatic rings. The number of anilines is 9. The summed E-state index contributed by atoms with van der Waals surface area (Å²) in [7, 11) is 0. The highest BCUT2D eigenvalue weighted by Gasteiger charge is 2.53. The number of hydrogen-bond donors (Lipinski definition) is 10. The minimum atomic E-state index is -0.103. The third-order valence-electron chi connectivity index (χ3n) is 28.8. The fourth-order valence-electron chi connectivity index (χ4n) is 25.6. The van der Waals surface area contributed by atoms with Crippen LogP contribution < -0.4 is 83.0 Å². The van der Waals surface area contributed by atoms with E-state index in [4.69, 9.17) is 50.6 Å². The van der Waals surface area contributed by atoms with Crippen LogP contribution in [0.4, 0.5) is 53.5 Å². The van der Waals surface area contributed by atoms with Gasteiger partial charge in [0.05, 0.1) is 0 Å². The first kappa shape index (κ1) is 106. The number of aromatic nitrogens is 9. The van der Waals surface area contributed by atoms with E-state index >= 15 is 0 Å². The van der Waals surface area contributed by atoms with Gasteiger partial charge in [-0.3, -0.25) is 0 Å². The van der Waals surface area contributed by atoms with Crippen LogP contribution in [0, 0.1) is 0 Å². The minimum Gasteiger partial charge on any atom is -0.354 e. The fourth-order valence-corrected chi connectivity index (χ4v) is 25.6. The van der Waals surface area contributed by atoms with E-state index in [9.17, 15) is 0 Å². The van der Waals surface area contributed by atoms with Crippen molar-refractivity contribution in [3.8, 4) is 0 Å². The second-order valence-corrected chi connectivity index (χ2v) is 48.7. The van der Waals surface area contributed by atoms with Crippen molar-refractivity contribution in [2.45, 2.75) is 496 Å². The van der Waals surface area contributed by atoms with Crippen molar-refractivity contribution in [3.05, 3.63) is 0 Å². The normalized spacial score (nSPS) is 24.7. The van der Waals surface area contributed by atoms with Crippen LogP contribution >= 0.6 is 0 Å². The summed E-state index contributed by atoms with van der Waals surface area (Å²) in [5.74, 6) is 6.94. The minimum absolute atomic E-state index is 0.0398. The molecular weight excluding hydrogens is 1600 g/mol. The van der Waals surface area contributed by atoms with Crippen LogP contribution in [-0.4, -0.2) is 262 Å². The SMILES string of the molecule is CCCCN(c1nc(NCCCN(CCCN)CCCCN(CCCNc2nc(N(CCCC)C3CC(C)(C)NC(C)(C)C3)nc(N(CCCC)C3CC(C)(C)NC(C)(C)C3)n2)CCCNc2nc3nc(n2)N(CCCC)C2CC(C)(C)NC(C)(C2)CC2(C)CC(CC(C)(C)N2)N3CCCC)nc(N(CCCC)C2CC(C)(C)NC(C)(C)C2)n1)C1CC(C)(C)NC(C)(C)C1. The molecule has 27 nitrogen and oxygen atoms in total. The lowest BCUT2D eigenvalue weighted by Crippen LogP contribution is -2.70. The molecule has 0 spiro atoms. The molecule has 0 saturated carbocycles. The average Bonchev–Trinajstić information content (AvgIpc) is 0.745. The van der Waals surface area contributed by atoms with E-state index in [1.807, 2.05) is 0 Å². The largest absolute Gasteiger partial charge is 0.354 e. The van der Waals surface area contributed by atoms with Gasteiger partial charge in [0.15, 0.2) is 0 Å². The van der Waals surface area contributed by atoms with E-state index in [2.05, 4.69) is 281 Å². The number of piperidine rings is 6. The number of nitrogens with zero attached hydrogens (tertiary/aromatic N) is 17. The van der Waals surface area contributed by atoms with Crippen molar-refractivity contribution in [3.63, 3.8) is 0 Å². The molecule has 0 aromatic carbocycles. The Morgan fingerprint density at radius 3 is 0.791 bits per heavy atom. The van der Waals surface area contributed by atoms with Gasteiger partial charge in [0.1, 0.15) is 0 Å². The molecule has 0 radical (unpaired) electrons. The van der Waals surface area contributed by atoms with Crippen LogP contribution in [0.5, 0.6) is 0 Å². The monoisotopic (exact) mass is 1800 g/mol. The van der Waals surface area contributed by atoms with Gasteiger partial charge in [0, 0.05) is 162 Å². The van der Waals surface area contributed by atoms with Crippen molar-refractivity contribution in [1.29, 1.82) is 0 Å². The highest BCUT2D eigenvalue weighted by molar-refractivity contribution is 5.51. The molecule has 3 aromatic rings. The van der Waals surface area contributed by atoms with Gasteiger partial charge in [-0.2, -0.15) is 44.9 Å². The molecule has 0 amide bonds. The summed E-state index contributed by atoms with van der Waals surface area (Å²) in [4.78, 5) is 71.0. The van der Waals surface area contributed by atoms with Crippen molar-refractivity contribution < 1.29 is 0 Å². The highest BCUT2D eigenvalue weighted by atomic mass is 15.4. The average molecular weight is 1800 g/mol. The Kier molecular flexibility index (Phi) is 37.1. The summed E-state index contributed by atoms with van der Waals surface area (Å²) in [6, 6.07) is 1.59. The quantitative estimate of drug-likeness (QED) is 0.0235. The number of hydrogen-bond acceptors (Lipinski definition) is 27. The Morgan fingerprint density at radius 1 is 0.279 bits per heavy atom. The van der Waals surface area contributed by atoms with E-state index in [-0.39, 0.29) is 103 Å². The lowest BCUT2D eigenvalue weighted by Gasteiger charge is -2.57. The lowest BCUT2D eigenvalue weighted by molar-refractivity contribution is 0.0656. The van der Waals surface area contributed by atoms with E-state index < -0.39 is 0 Å². The molecule has 4 atom stereocenters. The van der Waals surface area contributed by atoms with Crippen LogP contribution in [0.2, 0.25) is 0 Å². The standard InChI is InChI=1S/C102H195N27/c1-29-35-57-124(76-63-91(7,8)116-92(9,10)64-76)85-107-82(108-86(113-85)125(58-36-30-2)77-65-93(11,12)117-94(13,14)66-77)104-48-44-54-122(53-43-47-103)51-41-42-52-123(55-45-49-105-83-109-87(126(59-37-31-3)78-67-95(15,16)118-96(17,18)68-78)114-88(110-83)127(60-38-32-4)79-69-97(19,20)119-98(21,22)70-79)56-46-50-106-84-111-89-115-90(112-84)129(62-40-34-6)81-72-100(25,26)121-102(28,74-81)75-101(27)73-80(71-99(23,24)120-101)128(89)61-39-33-5/h76-81,116-121H,29-75,103H2,1-28H3,(H,104,107,108,113)(H,105,109,110,114)(H,106,111,112,115). The Bertz CT molecular complexity index is 3610. The molecule has 738 valence electrons. The lowest BCUT2D eigenvalue weighted by atomic mass is 9.68. The molecule has 6 bridgehead atoms. The smallest absolute Gasteiger partial charge is 0.232 e. The fraction of sp³-hybridized carbons (Fsp3) is 0.912. The molecule has 4 unspecified atom stereocenters. The number of nitrogens with two attached hydrogens (primary N) is 1. The predicted octanol–water partition coefficient (Wildman–Crippen LogP) is 17.6. The van der Waals surface area contributed by atoms with E-state index in [1.165, 1.54) is 0 Å². The van der Waals surface area contributed by atoms with Crippen molar-refractivity contribution in [2.75, 3.05) is 150 Å². The summed E-state index contributed by atoms with van der Waals surface area (Å²) >= 11 is 0. The molecule has 10 rings (SSSR count). The first-order chi connectivity index (χ1) is 60.5. The third kappa shape index (κ3) is 32.0. The second kappa shape index (κ2) is 45.2. The maximum Gasteiger partial charge on any atom is 0.232 e. The number of fused-ring (bicyclic) bond motifs is 6. The zero-order chi connectivity index (χ0) is 94.2. The Morgan fingerprint density at radius 2 is 0.527 bits per heavy atom. The number of unbranched alkanes of at least 4 members (excludes halogenated alkanes) is 7. The molecule has 6 saturated heterocycles. The Hall–Kier alpha value is -5.13. The van der Waals surface area contributed by atoms with Crippen molar-refractivity contribution in [1.82, 2.24) is 86.6 Å². The molecule has 3 aromatic heterocycles. The molecule has 129 heavy (non-hydrogen) atoms. The third-order valence-corrected chi connectivity index (χ3v) is 28.8. The van der Waals surface area contributed by atoms with Crippen LogP contribution in [-0.2, 0) is 0 Å². The molecule has 6 fully saturated rings. The van der Waals surface area contributed by atoms with Gasteiger partial charge in [0.2, 0.25) is 53.5 Å². The van der Waals surface area contributed by atoms with Gasteiger partial charge in [-0.25, -0.2) is 0 Å². The van der Waals surface area contributed by atoms with Crippen LogP contribution in [0.1, 0.15) is 393 Å². The van der Waals surface area contributed by atoms with Gasteiger partial charge in [0.25, 0.3) is 0 Å². The van der Waals surface area contributed by atoms with Gasteiger partial charge in [-0.05, 0) is 359 Å². The topological polar surface area (TPSA) is 276 Å². The summed E-state index contributed by atoms with van der Waals surface area (Å²) < 4.78 is 0. The summed E-state index contributed by atoms with van der Waals surface area (Å²) in [5.41, 5.74) is 5.67. The zero-order valence-electron chi connectivity index (χ0n) is 87.9. The molecule has 0 aliphatic carbocycles. The summed E-state index contributed by atoms with van der Waals surface area (Å²) in [5, 5.41) is 36.2. The van der Waals surface area contributed by atoms with Crippen molar-refractivity contribution in [2.24, 2.45) is 5.73 Å². The summed E-state index contributed by atoms with van der Waals surface area (Å²) in [6.45, 7) is 80.5. The molecular formula is C102H195N27. The van der Waals surface area contributed by atoms with Gasteiger partial charge < -0.3 is 92.8 Å². The molecule has 7 aliphatic heterocycles. The highest BCUT2D eigenvalue weighted by Crippen LogP contribution is 2.46. The van der Waals surface area contributed by atoms with Gasteiger partial charge in [-0.1, -0.05) is 80.1 Å². The van der Waals surface area contributed by atoms with Crippen LogP contribution in [0.3, 0.4) is 0 Å². The van der Waals surface area contributed by atoms with Crippen molar-refractivity contribution >= 4 is 53.5 Å². The first-order valence-corrected chi connectivity index (χ1v) is 52.5. The maximum atomic E-state index is 6.41.